The lowest BCUT2D eigenvalue weighted by molar-refractivity contribution is 0.419. The van der Waals surface area contributed by atoms with E-state index in [1.54, 1.807) is 6.07 Å². The van der Waals surface area contributed by atoms with Crippen LogP contribution in [0.15, 0.2) is 6.07 Å². The van der Waals surface area contributed by atoms with Crippen molar-refractivity contribution in [2.24, 2.45) is 11.7 Å². The highest BCUT2D eigenvalue weighted by Gasteiger charge is 2.20. The zero-order valence-corrected chi connectivity index (χ0v) is 11.5. The van der Waals surface area contributed by atoms with Crippen LogP contribution in [0.1, 0.15) is 18.5 Å². The first-order valence-corrected chi connectivity index (χ1v) is 6.03. The monoisotopic (exact) mass is 276 g/mol. The molecule has 0 aromatic carbocycles. The summed E-state index contributed by atoms with van der Waals surface area (Å²) in [5, 5.41) is 0.511. The molecule has 1 aromatic rings. The van der Waals surface area contributed by atoms with E-state index in [-0.39, 0.29) is 12.4 Å². The molecule has 6 heteroatoms. The number of piperidine rings is 1. The molecule has 4 nitrogen and oxygen atoms in total. The van der Waals surface area contributed by atoms with Gasteiger partial charge in [-0.25, -0.2) is 9.97 Å². The molecular formula is C11H18Cl2N4. The van der Waals surface area contributed by atoms with Crippen LogP contribution in [0.5, 0.6) is 0 Å². The molecular weight excluding hydrogens is 259 g/mol. The number of nitrogens with two attached hydrogens (primary N) is 1. The molecule has 0 spiro atoms. The van der Waals surface area contributed by atoms with Gasteiger partial charge in [0.25, 0.3) is 0 Å². The van der Waals surface area contributed by atoms with Crippen LogP contribution in [0.4, 0.5) is 5.95 Å². The lowest BCUT2D eigenvalue weighted by Crippen LogP contribution is -2.39. The van der Waals surface area contributed by atoms with Gasteiger partial charge in [-0.1, -0.05) is 11.6 Å². The van der Waals surface area contributed by atoms with Crippen molar-refractivity contribution >= 4 is 30.0 Å². The van der Waals surface area contributed by atoms with E-state index in [0.29, 0.717) is 11.1 Å². The van der Waals surface area contributed by atoms with Gasteiger partial charge in [0, 0.05) is 18.8 Å². The SMILES string of the molecule is Cc1cc(Cl)nc(N2CCCC(CN)C2)n1.Cl. The molecule has 17 heavy (non-hydrogen) atoms. The van der Waals surface area contributed by atoms with Gasteiger partial charge in [0.15, 0.2) is 0 Å². The van der Waals surface area contributed by atoms with Gasteiger partial charge in [-0.3, -0.25) is 0 Å². The zero-order chi connectivity index (χ0) is 11.5. The Balaban J connectivity index is 0.00000144. The number of rotatable bonds is 2. The predicted molar refractivity (Wildman–Crippen MR) is 73.0 cm³/mol. The Hall–Kier alpha value is -0.580. The number of aromatic nitrogens is 2. The Morgan fingerprint density at radius 2 is 2.29 bits per heavy atom. The van der Waals surface area contributed by atoms with Crippen molar-refractivity contribution in [3.05, 3.63) is 16.9 Å². The van der Waals surface area contributed by atoms with Crippen molar-refractivity contribution < 1.29 is 0 Å². The van der Waals surface area contributed by atoms with E-state index in [1.165, 1.54) is 6.42 Å². The molecule has 1 fully saturated rings. The first kappa shape index (κ1) is 14.5. The summed E-state index contributed by atoms with van der Waals surface area (Å²) < 4.78 is 0. The van der Waals surface area contributed by atoms with Gasteiger partial charge in [0.1, 0.15) is 5.15 Å². The second-order valence-corrected chi connectivity index (χ2v) is 4.71. The van der Waals surface area contributed by atoms with Crippen LogP contribution < -0.4 is 10.6 Å². The van der Waals surface area contributed by atoms with Crippen LogP contribution in [-0.2, 0) is 0 Å². The Morgan fingerprint density at radius 1 is 1.53 bits per heavy atom. The number of hydrogen-bond acceptors (Lipinski definition) is 4. The van der Waals surface area contributed by atoms with E-state index in [2.05, 4.69) is 14.9 Å². The number of nitrogens with zero attached hydrogens (tertiary/aromatic N) is 3. The second kappa shape index (κ2) is 6.38. The molecule has 2 heterocycles. The van der Waals surface area contributed by atoms with Gasteiger partial charge in [0.05, 0.1) is 0 Å². The molecule has 1 aliphatic heterocycles. The minimum absolute atomic E-state index is 0. The first-order valence-electron chi connectivity index (χ1n) is 5.65. The van der Waals surface area contributed by atoms with Crippen LogP contribution in [-0.4, -0.2) is 29.6 Å². The molecule has 2 N–H and O–H groups in total. The van der Waals surface area contributed by atoms with Crippen LogP contribution >= 0.6 is 24.0 Å². The Labute approximate surface area is 113 Å². The van der Waals surface area contributed by atoms with Gasteiger partial charge < -0.3 is 10.6 Å². The van der Waals surface area contributed by atoms with E-state index in [0.717, 1.165) is 37.7 Å². The highest BCUT2D eigenvalue weighted by atomic mass is 35.5. The Morgan fingerprint density at radius 3 is 2.94 bits per heavy atom. The van der Waals surface area contributed by atoms with E-state index < -0.39 is 0 Å². The van der Waals surface area contributed by atoms with E-state index >= 15 is 0 Å². The summed E-state index contributed by atoms with van der Waals surface area (Å²) in [5.41, 5.74) is 6.62. The number of halogens is 2. The summed E-state index contributed by atoms with van der Waals surface area (Å²) in [7, 11) is 0. The average molecular weight is 277 g/mol. The lowest BCUT2D eigenvalue weighted by atomic mass is 9.99. The number of anilines is 1. The fraction of sp³-hybridized carbons (Fsp3) is 0.636. The molecule has 2 rings (SSSR count). The average Bonchev–Trinajstić information content (AvgIpc) is 2.28. The summed E-state index contributed by atoms with van der Waals surface area (Å²) in [6, 6.07) is 1.77. The molecule has 1 saturated heterocycles. The fourth-order valence-electron chi connectivity index (χ4n) is 2.10. The summed E-state index contributed by atoms with van der Waals surface area (Å²) in [6.45, 7) is 4.60. The lowest BCUT2D eigenvalue weighted by Gasteiger charge is -2.32. The molecule has 1 aromatic heterocycles. The highest BCUT2D eigenvalue weighted by Crippen LogP contribution is 2.21. The smallest absolute Gasteiger partial charge is 0.226 e. The van der Waals surface area contributed by atoms with Crippen molar-refractivity contribution in [2.45, 2.75) is 19.8 Å². The van der Waals surface area contributed by atoms with E-state index in [4.69, 9.17) is 17.3 Å². The summed E-state index contributed by atoms with van der Waals surface area (Å²) in [5.74, 6) is 1.29. The van der Waals surface area contributed by atoms with Crippen LogP contribution in [0.2, 0.25) is 5.15 Å². The van der Waals surface area contributed by atoms with Gasteiger partial charge in [0.2, 0.25) is 5.95 Å². The molecule has 96 valence electrons. The highest BCUT2D eigenvalue weighted by molar-refractivity contribution is 6.29. The van der Waals surface area contributed by atoms with E-state index in [9.17, 15) is 0 Å². The summed E-state index contributed by atoms with van der Waals surface area (Å²) >= 11 is 5.94. The third-order valence-electron chi connectivity index (χ3n) is 2.95. The van der Waals surface area contributed by atoms with Crippen molar-refractivity contribution in [3.8, 4) is 0 Å². The topological polar surface area (TPSA) is 55.0 Å². The predicted octanol–water partition coefficient (Wildman–Crippen LogP) is 2.04. The molecule has 1 aliphatic rings. The van der Waals surface area contributed by atoms with Gasteiger partial charge in [-0.15, -0.1) is 12.4 Å². The van der Waals surface area contributed by atoms with Crippen molar-refractivity contribution in [2.75, 3.05) is 24.5 Å². The number of hydrogen-bond donors (Lipinski definition) is 1. The second-order valence-electron chi connectivity index (χ2n) is 4.32. The standard InChI is InChI=1S/C11H17ClN4.ClH/c1-8-5-10(12)15-11(14-8)16-4-2-3-9(6-13)7-16;/h5,9H,2-4,6-7,13H2,1H3;1H. The van der Waals surface area contributed by atoms with Gasteiger partial charge in [-0.2, -0.15) is 0 Å². The molecule has 0 saturated carbocycles. The van der Waals surface area contributed by atoms with Gasteiger partial charge >= 0.3 is 0 Å². The summed E-state index contributed by atoms with van der Waals surface area (Å²) in [4.78, 5) is 10.9. The quantitative estimate of drug-likeness (QED) is 0.840. The minimum atomic E-state index is 0. The minimum Gasteiger partial charge on any atom is -0.340 e. The Kier molecular flexibility index (Phi) is 5.43. The third-order valence-corrected chi connectivity index (χ3v) is 3.14. The third kappa shape index (κ3) is 3.69. The molecule has 1 unspecified atom stereocenters. The first-order chi connectivity index (χ1) is 7.69. The van der Waals surface area contributed by atoms with Gasteiger partial charge in [-0.05, 0) is 38.3 Å². The molecule has 0 amide bonds. The Bertz CT molecular complexity index is 352. The van der Waals surface area contributed by atoms with Crippen molar-refractivity contribution in [1.82, 2.24) is 9.97 Å². The number of aryl methyl sites for hydroxylation is 1. The maximum Gasteiger partial charge on any atom is 0.226 e. The van der Waals surface area contributed by atoms with E-state index in [1.807, 2.05) is 6.92 Å². The van der Waals surface area contributed by atoms with Crippen LogP contribution in [0.3, 0.4) is 0 Å². The van der Waals surface area contributed by atoms with Crippen molar-refractivity contribution in [3.63, 3.8) is 0 Å². The summed E-state index contributed by atoms with van der Waals surface area (Å²) in [6.07, 6.45) is 2.35. The zero-order valence-electron chi connectivity index (χ0n) is 9.90. The fourth-order valence-corrected chi connectivity index (χ4v) is 2.33. The molecule has 1 atom stereocenters. The normalized spacial score (nSPS) is 19.9. The molecule has 0 aliphatic carbocycles. The largest absolute Gasteiger partial charge is 0.340 e. The molecule has 0 bridgehead atoms. The van der Waals surface area contributed by atoms with Crippen LogP contribution in [0, 0.1) is 12.8 Å². The van der Waals surface area contributed by atoms with Crippen LogP contribution in [0.25, 0.3) is 0 Å². The van der Waals surface area contributed by atoms with Crippen molar-refractivity contribution in [1.29, 1.82) is 0 Å². The molecule has 0 radical (unpaired) electrons. The maximum absolute atomic E-state index is 5.94. The maximum atomic E-state index is 5.94.